The summed E-state index contributed by atoms with van der Waals surface area (Å²) in [5.74, 6) is 0.878. The topological polar surface area (TPSA) is 48.1 Å². The van der Waals surface area contributed by atoms with Gasteiger partial charge in [0.15, 0.2) is 0 Å². The van der Waals surface area contributed by atoms with Crippen molar-refractivity contribution in [1.82, 2.24) is 4.98 Å². The summed E-state index contributed by atoms with van der Waals surface area (Å²) in [7, 11) is 0. The van der Waals surface area contributed by atoms with Gasteiger partial charge in [0, 0.05) is 18.8 Å². The van der Waals surface area contributed by atoms with Gasteiger partial charge in [0.1, 0.15) is 5.75 Å². The van der Waals surface area contributed by atoms with E-state index in [1.165, 1.54) is 25.7 Å². The van der Waals surface area contributed by atoms with Gasteiger partial charge in [-0.1, -0.05) is 26.2 Å². The second-order valence-electron chi connectivity index (χ2n) is 4.46. The summed E-state index contributed by atoms with van der Waals surface area (Å²) in [5, 5.41) is 0. The number of pyridine rings is 1. The third kappa shape index (κ3) is 5.68. The van der Waals surface area contributed by atoms with Gasteiger partial charge in [0.25, 0.3) is 0 Å². The molecule has 0 saturated carbocycles. The van der Waals surface area contributed by atoms with Crippen LogP contribution in [0, 0.1) is 0 Å². The lowest BCUT2D eigenvalue weighted by Gasteiger charge is -2.14. The van der Waals surface area contributed by atoms with E-state index in [4.69, 9.17) is 10.5 Å². The van der Waals surface area contributed by atoms with Crippen molar-refractivity contribution in [3.63, 3.8) is 0 Å². The molecule has 96 valence electrons. The number of rotatable bonds is 8. The van der Waals surface area contributed by atoms with Crippen molar-refractivity contribution < 1.29 is 4.74 Å². The van der Waals surface area contributed by atoms with Gasteiger partial charge in [-0.25, -0.2) is 0 Å². The van der Waals surface area contributed by atoms with Crippen LogP contribution in [0.1, 0.15) is 51.6 Å². The summed E-state index contributed by atoms with van der Waals surface area (Å²) >= 11 is 0. The summed E-state index contributed by atoms with van der Waals surface area (Å²) in [6, 6.07) is 3.81. The molecule has 1 aromatic rings. The van der Waals surface area contributed by atoms with Crippen LogP contribution >= 0.6 is 0 Å². The van der Waals surface area contributed by atoms with Gasteiger partial charge in [0.05, 0.1) is 11.8 Å². The van der Waals surface area contributed by atoms with E-state index in [0.29, 0.717) is 6.54 Å². The fraction of sp³-hybridized carbons (Fsp3) is 0.643. The maximum atomic E-state index is 5.84. The quantitative estimate of drug-likeness (QED) is 0.705. The number of ether oxygens (including phenoxy) is 1. The molecule has 1 aromatic heterocycles. The molecule has 0 bridgehead atoms. The molecule has 0 aromatic carbocycles. The Morgan fingerprint density at radius 3 is 2.88 bits per heavy atom. The standard InChI is InChI=1S/C14H24N2O/c1-3-4-5-6-7-12(2)17-14-8-9-16-13(10-14)11-15/h8-10,12H,3-7,11,15H2,1-2H3. The van der Waals surface area contributed by atoms with Crippen LogP contribution in [0.3, 0.4) is 0 Å². The molecule has 3 nitrogen and oxygen atoms in total. The van der Waals surface area contributed by atoms with E-state index in [2.05, 4.69) is 18.8 Å². The van der Waals surface area contributed by atoms with Gasteiger partial charge in [0.2, 0.25) is 0 Å². The van der Waals surface area contributed by atoms with E-state index in [1.807, 2.05) is 12.1 Å². The molecule has 0 aliphatic rings. The summed E-state index contributed by atoms with van der Waals surface area (Å²) in [6.07, 6.45) is 8.26. The lowest BCUT2D eigenvalue weighted by Crippen LogP contribution is -2.12. The van der Waals surface area contributed by atoms with Crippen LogP contribution in [0.5, 0.6) is 5.75 Å². The molecule has 0 fully saturated rings. The molecule has 3 heteroatoms. The smallest absolute Gasteiger partial charge is 0.123 e. The van der Waals surface area contributed by atoms with Crippen molar-refractivity contribution in [3.8, 4) is 5.75 Å². The summed E-state index contributed by atoms with van der Waals surface area (Å²) in [5.41, 5.74) is 6.42. The fourth-order valence-electron chi connectivity index (χ4n) is 1.79. The Labute approximate surface area is 104 Å². The predicted molar refractivity (Wildman–Crippen MR) is 71.0 cm³/mol. The molecule has 1 rings (SSSR count). The minimum absolute atomic E-state index is 0.264. The molecule has 0 aliphatic carbocycles. The number of unbranched alkanes of at least 4 members (excludes halogenated alkanes) is 3. The number of hydrogen-bond donors (Lipinski definition) is 1. The molecular weight excluding hydrogens is 212 g/mol. The largest absolute Gasteiger partial charge is 0.491 e. The highest BCUT2D eigenvalue weighted by Crippen LogP contribution is 2.15. The monoisotopic (exact) mass is 236 g/mol. The lowest BCUT2D eigenvalue weighted by atomic mass is 10.1. The van der Waals surface area contributed by atoms with Gasteiger partial charge >= 0.3 is 0 Å². The second-order valence-corrected chi connectivity index (χ2v) is 4.46. The van der Waals surface area contributed by atoms with Crippen LogP contribution in [-0.4, -0.2) is 11.1 Å². The zero-order chi connectivity index (χ0) is 12.5. The van der Waals surface area contributed by atoms with Crippen molar-refractivity contribution >= 4 is 0 Å². The van der Waals surface area contributed by atoms with E-state index in [-0.39, 0.29) is 6.10 Å². The highest BCUT2D eigenvalue weighted by atomic mass is 16.5. The summed E-state index contributed by atoms with van der Waals surface area (Å²) in [4.78, 5) is 4.15. The van der Waals surface area contributed by atoms with E-state index in [0.717, 1.165) is 17.9 Å². The fourth-order valence-corrected chi connectivity index (χ4v) is 1.79. The van der Waals surface area contributed by atoms with E-state index >= 15 is 0 Å². The van der Waals surface area contributed by atoms with E-state index in [9.17, 15) is 0 Å². The zero-order valence-corrected chi connectivity index (χ0v) is 11.0. The summed E-state index contributed by atoms with van der Waals surface area (Å²) < 4.78 is 5.84. The Morgan fingerprint density at radius 1 is 1.35 bits per heavy atom. The maximum Gasteiger partial charge on any atom is 0.123 e. The first-order valence-electron chi connectivity index (χ1n) is 6.58. The average molecular weight is 236 g/mol. The number of hydrogen-bond acceptors (Lipinski definition) is 3. The van der Waals surface area contributed by atoms with Crippen LogP contribution in [0.15, 0.2) is 18.3 Å². The molecule has 1 unspecified atom stereocenters. The molecule has 0 saturated heterocycles. The van der Waals surface area contributed by atoms with Crippen molar-refractivity contribution in [2.24, 2.45) is 5.73 Å². The van der Waals surface area contributed by atoms with Gasteiger partial charge in [-0.05, 0) is 25.8 Å². The number of nitrogens with two attached hydrogens (primary N) is 1. The van der Waals surface area contributed by atoms with Crippen LogP contribution < -0.4 is 10.5 Å². The third-order valence-electron chi connectivity index (χ3n) is 2.80. The Bertz CT molecular complexity index is 315. The van der Waals surface area contributed by atoms with Gasteiger partial charge in [-0.2, -0.15) is 0 Å². The normalized spacial score (nSPS) is 12.4. The van der Waals surface area contributed by atoms with Gasteiger partial charge < -0.3 is 10.5 Å². The van der Waals surface area contributed by atoms with Crippen LogP contribution in [0.25, 0.3) is 0 Å². The molecule has 1 atom stereocenters. The first kappa shape index (κ1) is 14.0. The molecule has 0 amide bonds. The Hall–Kier alpha value is -1.09. The molecule has 1 heterocycles. The average Bonchev–Trinajstić information content (AvgIpc) is 2.35. The Balaban J connectivity index is 2.31. The lowest BCUT2D eigenvalue weighted by molar-refractivity contribution is 0.206. The molecule has 0 spiro atoms. The van der Waals surface area contributed by atoms with E-state index < -0.39 is 0 Å². The molecule has 0 radical (unpaired) electrons. The molecular formula is C14H24N2O. The van der Waals surface area contributed by atoms with Crippen molar-refractivity contribution in [2.45, 2.75) is 58.6 Å². The molecule has 2 N–H and O–H groups in total. The number of aromatic nitrogens is 1. The van der Waals surface area contributed by atoms with Crippen molar-refractivity contribution in [3.05, 3.63) is 24.0 Å². The van der Waals surface area contributed by atoms with E-state index in [1.54, 1.807) is 6.20 Å². The maximum absolute atomic E-state index is 5.84. The van der Waals surface area contributed by atoms with Crippen LogP contribution in [0.2, 0.25) is 0 Å². The predicted octanol–water partition coefficient (Wildman–Crippen LogP) is 3.28. The second kappa shape index (κ2) is 8.07. The first-order chi connectivity index (χ1) is 8.26. The third-order valence-corrected chi connectivity index (χ3v) is 2.80. The molecule has 17 heavy (non-hydrogen) atoms. The minimum atomic E-state index is 0.264. The Kier molecular flexibility index (Phi) is 6.63. The Morgan fingerprint density at radius 2 is 2.18 bits per heavy atom. The highest BCUT2D eigenvalue weighted by Gasteiger charge is 2.04. The van der Waals surface area contributed by atoms with Crippen LogP contribution in [0.4, 0.5) is 0 Å². The van der Waals surface area contributed by atoms with Crippen LogP contribution in [-0.2, 0) is 6.54 Å². The van der Waals surface area contributed by atoms with Crippen molar-refractivity contribution in [2.75, 3.05) is 0 Å². The summed E-state index contributed by atoms with van der Waals surface area (Å²) in [6.45, 7) is 4.81. The first-order valence-corrected chi connectivity index (χ1v) is 6.58. The minimum Gasteiger partial charge on any atom is -0.491 e. The van der Waals surface area contributed by atoms with Gasteiger partial charge in [-0.15, -0.1) is 0 Å². The van der Waals surface area contributed by atoms with Crippen molar-refractivity contribution in [1.29, 1.82) is 0 Å². The number of nitrogens with zero attached hydrogens (tertiary/aromatic N) is 1. The molecule has 0 aliphatic heterocycles. The van der Waals surface area contributed by atoms with Gasteiger partial charge in [-0.3, -0.25) is 4.98 Å². The SMILES string of the molecule is CCCCCCC(C)Oc1ccnc(CN)c1. The highest BCUT2D eigenvalue weighted by molar-refractivity contribution is 5.22. The zero-order valence-electron chi connectivity index (χ0n) is 11.0.